The number of nitrogens with one attached hydrogen (secondary N) is 1. The molecule has 1 aromatic carbocycles. The zero-order chi connectivity index (χ0) is 20.8. The van der Waals surface area contributed by atoms with E-state index in [1.165, 1.54) is 16.2 Å². The lowest BCUT2D eigenvalue weighted by molar-refractivity contribution is -0.129. The molecule has 0 unspecified atom stereocenters. The van der Waals surface area contributed by atoms with Crippen LogP contribution in [0.4, 0.5) is 10.8 Å². The van der Waals surface area contributed by atoms with E-state index in [0.717, 1.165) is 11.3 Å². The highest BCUT2D eigenvalue weighted by Crippen LogP contribution is 2.45. The zero-order valence-corrected chi connectivity index (χ0v) is 17.6. The van der Waals surface area contributed by atoms with Crippen LogP contribution in [0.2, 0.25) is 0 Å². The minimum atomic E-state index is -1.36. The Morgan fingerprint density at radius 1 is 1.31 bits per heavy atom. The van der Waals surface area contributed by atoms with Crippen LogP contribution in [0.5, 0.6) is 0 Å². The molecule has 4 rings (SSSR count). The third-order valence-corrected chi connectivity index (χ3v) is 6.34. The zero-order valence-electron chi connectivity index (χ0n) is 16.8. The highest BCUT2D eigenvalue weighted by Gasteiger charge is 2.60. The maximum absolute atomic E-state index is 13.6. The minimum absolute atomic E-state index is 0.148. The number of hydrogen-bond acceptors (Lipinski definition) is 5. The molecule has 152 valence electrons. The molecule has 0 spiro atoms. The Morgan fingerprint density at radius 2 is 2.07 bits per heavy atom. The summed E-state index contributed by atoms with van der Waals surface area (Å²) in [5.74, 6) is -0.390. The van der Waals surface area contributed by atoms with Crippen molar-refractivity contribution in [2.24, 2.45) is 5.92 Å². The Bertz CT molecular complexity index is 986. The Hall–Kier alpha value is -2.74. The number of nitrogens with zero attached hydrogens (tertiary/aromatic N) is 3. The maximum Gasteiger partial charge on any atom is 0.273 e. The van der Waals surface area contributed by atoms with Crippen LogP contribution in [0.25, 0.3) is 0 Å². The predicted molar refractivity (Wildman–Crippen MR) is 112 cm³/mol. The van der Waals surface area contributed by atoms with Crippen molar-refractivity contribution >= 4 is 39.9 Å². The van der Waals surface area contributed by atoms with Crippen molar-refractivity contribution in [2.75, 3.05) is 16.8 Å². The van der Waals surface area contributed by atoms with Crippen molar-refractivity contribution in [3.8, 4) is 0 Å². The van der Waals surface area contributed by atoms with Gasteiger partial charge in [-0.3, -0.25) is 24.6 Å². The number of anilines is 2. The summed E-state index contributed by atoms with van der Waals surface area (Å²) in [6.07, 6.45) is 2.90. The maximum atomic E-state index is 13.6. The van der Waals surface area contributed by atoms with Crippen molar-refractivity contribution in [1.29, 1.82) is 0 Å². The molecule has 1 fully saturated rings. The molecule has 0 bridgehead atoms. The first-order chi connectivity index (χ1) is 13.8. The molecule has 3 heterocycles. The SMILES string of the molecule is Cc1cnc(NC(=O)[C@@]23CCC(=O)N2c2ccccc2C(=O)N3CCC(C)C)s1. The molecule has 2 aliphatic heterocycles. The molecule has 29 heavy (non-hydrogen) atoms. The molecule has 7 nitrogen and oxygen atoms in total. The number of aryl methyl sites for hydroxylation is 1. The lowest BCUT2D eigenvalue weighted by atomic mass is 9.94. The minimum Gasteiger partial charge on any atom is -0.307 e. The number of carbonyl (C=O) groups is 3. The van der Waals surface area contributed by atoms with Gasteiger partial charge in [-0.2, -0.15) is 0 Å². The second-order valence-corrected chi connectivity index (χ2v) is 9.17. The van der Waals surface area contributed by atoms with Gasteiger partial charge in [0.05, 0.1) is 11.3 Å². The van der Waals surface area contributed by atoms with Crippen LogP contribution in [0.15, 0.2) is 30.5 Å². The topological polar surface area (TPSA) is 82.6 Å². The van der Waals surface area contributed by atoms with Crippen LogP contribution < -0.4 is 10.2 Å². The van der Waals surface area contributed by atoms with Crippen LogP contribution in [0.1, 0.15) is 48.3 Å². The summed E-state index contributed by atoms with van der Waals surface area (Å²) in [7, 11) is 0. The molecular weight excluding hydrogens is 388 g/mol. The van der Waals surface area contributed by atoms with Gasteiger partial charge >= 0.3 is 0 Å². The predicted octanol–water partition coefficient (Wildman–Crippen LogP) is 3.42. The van der Waals surface area contributed by atoms with Crippen molar-refractivity contribution in [1.82, 2.24) is 9.88 Å². The normalized spacial score (nSPS) is 20.8. The number of amides is 3. The number of aromatic nitrogens is 1. The first kappa shape index (κ1) is 19.6. The number of para-hydroxylation sites is 1. The van der Waals surface area contributed by atoms with Crippen LogP contribution in [-0.2, 0) is 9.59 Å². The average Bonchev–Trinajstić information content (AvgIpc) is 3.25. The molecule has 1 aromatic heterocycles. The van der Waals surface area contributed by atoms with Gasteiger partial charge in [0.15, 0.2) is 5.13 Å². The van der Waals surface area contributed by atoms with E-state index < -0.39 is 5.66 Å². The molecule has 0 radical (unpaired) electrons. The fourth-order valence-corrected chi connectivity index (χ4v) is 4.74. The van der Waals surface area contributed by atoms with Crippen molar-refractivity contribution in [2.45, 2.75) is 45.7 Å². The van der Waals surface area contributed by atoms with Crippen molar-refractivity contribution in [3.05, 3.63) is 40.9 Å². The number of benzene rings is 1. The molecule has 2 aromatic rings. The number of thiazole rings is 1. The molecule has 1 atom stereocenters. The van der Waals surface area contributed by atoms with Gasteiger partial charge in [0.25, 0.3) is 11.8 Å². The van der Waals surface area contributed by atoms with E-state index in [1.807, 2.05) is 6.92 Å². The van der Waals surface area contributed by atoms with Crippen LogP contribution >= 0.6 is 11.3 Å². The van der Waals surface area contributed by atoms with E-state index in [2.05, 4.69) is 24.1 Å². The quantitative estimate of drug-likeness (QED) is 0.816. The first-order valence-electron chi connectivity index (χ1n) is 9.82. The van der Waals surface area contributed by atoms with Crippen molar-refractivity contribution in [3.63, 3.8) is 0 Å². The average molecular weight is 413 g/mol. The van der Waals surface area contributed by atoms with Gasteiger partial charge in [-0.1, -0.05) is 26.0 Å². The van der Waals surface area contributed by atoms with Gasteiger partial charge in [-0.05, 0) is 31.4 Å². The fourth-order valence-electron chi connectivity index (χ4n) is 4.08. The van der Waals surface area contributed by atoms with E-state index >= 15 is 0 Å². The number of hydrogen-bond donors (Lipinski definition) is 1. The van der Waals surface area contributed by atoms with Gasteiger partial charge < -0.3 is 4.90 Å². The van der Waals surface area contributed by atoms with E-state index in [0.29, 0.717) is 28.8 Å². The molecule has 1 N–H and O–H groups in total. The van der Waals surface area contributed by atoms with Gasteiger partial charge in [0.1, 0.15) is 0 Å². The Balaban J connectivity index is 1.82. The Morgan fingerprint density at radius 3 is 2.76 bits per heavy atom. The fraction of sp³-hybridized carbons (Fsp3) is 0.429. The molecule has 8 heteroatoms. The van der Waals surface area contributed by atoms with Gasteiger partial charge in [0, 0.05) is 30.5 Å². The van der Waals surface area contributed by atoms with Gasteiger partial charge in [-0.25, -0.2) is 4.98 Å². The van der Waals surface area contributed by atoms with Crippen LogP contribution in [-0.4, -0.2) is 39.8 Å². The third kappa shape index (κ3) is 3.11. The van der Waals surface area contributed by atoms with Crippen molar-refractivity contribution < 1.29 is 14.4 Å². The Kier molecular flexibility index (Phi) is 4.90. The first-order valence-corrected chi connectivity index (χ1v) is 10.6. The van der Waals surface area contributed by atoms with E-state index in [1.54, 1.807) is 35.4 Å². The molecule has 3 amide bonds. The highest BCUT2D eigenvalue weighted by atomic mass is 32.1. The second kappa shape index (κ2) is 7.26. The summed E-state index contributed by atoms with van der Waals surface area (Å²) >= 11 is 1.37. The lowest BCUT2D eigenvalue weighted by Gasteiger charge is -2.49. The van der Waals surface area contributed by atoms with Crippen LogP contribution in [0.3, 0.4) is 0 Å². The lowest BCUT2D eigenvalue weighted by Crippen LogP contribution is -2.69. The molecule has 1 saturated heterocycles. The standard InChI is InChI=1S/C21H24N4O3S/c1-13(2)9-11-24-18(27)15-6-4-5-7-16(15)25-17(26)8-10-21(24,25)19(28)23-20-22-12-14(3)29-20/h4-7,12-13H,8-11H2,1-3H3,(H,22,23,28)/t21-/m1/s1. The molecule has 2 aliphatic rings. The smallest absolute Gasteiger partial charge is 0.273 e. The molecule has 0 saturated carbocycles. The summed E-state index contributed by atoms with van der Waals surface area (Å²) in [4.78, 5) is 48.3. The number of fused-ring (bicyclic) bond motifs is 3. The summed E-state index contributed by atoms with van der Waals surface area (Å²) in [6, 6.07) is 7.03. The van der Waals surface area contributed by atoms with E-state index in [-0.39, 0.29) is 30.6 Å². The second-order valence-electron chi connectivity index (χ2n) is 7.93. The largest absolute Gasteiger partial charge is 0.307 e. The molecule has 0 aliphatic carbocycles. The number of rotatable bonds is 5. The summed E-state index contributed by atoms with van der Waals surface area (Å²) in [6.45, 7) is 6.46. The monoisotopic (exact) mass is 412 g/mol. The van der Waals surface area contributed by atoms with Gasteiger partial charge in [0.2, 0.25) is 11.6 Å². The molecular formula is C21H24N4O3S. The van der Waals surface area contributed by atoms with E-state index in [9.17, 15) is 14.4 Å². The van der Waals surface area contributed by atoms with Crippen LogP contribution in [0, 0.1) is 12.8 Å². The highest BCUT2D eigenvalue weighted by molar-refractivity contribution is 7.15. The Labute approximate surface area is 173 Å². The number of carbonyl (C=O) groups excluding carboxylic acids is 3. The summed E-state index contributed by atoms with van der Waals surface area (Å²) in [5.41, 5.74) is -0.400. The third-order valence-electron chi connectivity index (χ3n) is 5.51. The summed E-state index contributed by atoms with van der Waals surface area (Å²) in [5, 5.41) is 3.33. The summed E-state index contributed by atoms with van der Waals surface area (Å²) < 4.78 is 0. The van der Waals surface area contributed by atoms with Gasteiger partial charge in [-0.15, -0.1) is 11.3 Å². The van der Waals surface area contributed by atoms with E-state index in [4.69, 9.17) is 0 Å².